The molecule has 0 aliphatic heterocycles. The Balaban J connectivity index is 1.89. The van der Waals surface area contributed by atoms with Crippen molar-refractivity contribution in [3.05, 3.63) is 59.4 Å². The number of carbonyl (C=O) groups is 2. The minimum atomic E-state index is -0.830. The van der Waals surface area contributed by atoms with E-state index in [2.05, 4.69) is 10.6 Å². The summed E-state index contributed by atoms with van der Waals surface area (Å²) in [4.78, 5) is 25.6. The van der Waals surface area contributed by atoms with E-state index >= 15 is 0 Å². The van der Waals surface area contributed by atoms with E-state index in [1.54, 1.807) is 13.0 Å². The van der Waals surface area contributed by atoms with Crippen LogP contribution in [0.2, 0.25) is 0 Å². The van der Waals surface area contributed by atoms with Gasteiger partial charge in [0.15, 0.2) is 0 Å². The SMILES string of the molecule is Cc1ccc(NC(=O)C(=O)NCc2ccc(N(C)C)cc2)cc1F. The zero-order valence-corrected chi connectivity index (χ0v) is 13.9. The maximum absolute atomic E-state index is 13.4. The molecule has 0 saturated heterocycles. The highest BCUT2D eigenvalue weighted by atomic mass is 19.1. The van der Waals surface area contributed by atoms with Gasteiger partial charge in [-0.1, -0.05) is 18.2 Å². The number of amides is 2. The van der Waals surface area contributed by atoms with E-state index in [0.717, 1.165) is 11.3 Å². The third-order valence-corrected chi connectivity index (χ3v) is 3.54. The largest absolute Gasteiger partial charge is 0.378 e. The molecule has 0 aliphatic carbocycles. The number of hydrogen-bond donors (Lipinski definition) is 2. The molecule has 24 heavy (non-hydrogen) atoms. The number of nitrogens with one attached hydrogen (secondary N) is 2. The molecule has 0 saturated carbocycles. The van der Waals surface area contributed by atoms with Crippen LogP contribution >= 0.6 is 0 Å². The van der Waals surface area contributed by atoms with Crippen LogP contribution in [0, 0.1) is 12.7 Å². The standard InChI is InChI=1S/C18H20FN3O2/c1-12-4-7-14(10-16(12)19)21-18(24)17(23)20-11-13-5-8-15(9-6-13)22(2)3/h4-10H,11H2,1-3H3,(H,20,23)(H,21,24). The average molecular weight is 329 g/mol. The fourth-order valence-electron chi connectivity index (χ4n) is 2.03. The van der Waals surface area contributed by atoms with Crippen LogP contribution in [0.1, 0.15) is 11.1 Å². The van der Waals surface area contributed by atoms with Gasteiger partial charge in [-0.2, -0.15) is 0 Å². The van der Waals surface area contributed by atoms with E-state index < -0.39 is 17.6 Å². The molecule has 0 radical (unpaired) electrons. The van der Waals surface area contributed by atoms with Gasteiger partial charge in [-0.05, 0) is 42.3 Å². The predicted octanol–water partition coefficient (Wildman–Crippen LogP) is 2.46. The lowest BCUT2D eigenvalue weighted by Gasteiger charge is -2.13. The summed E-state index contributed by atoms with van der Waals surface area (Å²) in [6, 6.07) is 11.9. The van der Waals surface area contributed by atoms with Crippen molar-refractivity contribution >= 4 is 23.2 Å². The first-order valence-electron chi connectivity index (χ1n) is 7.48. The number of benzene rings is 2. The lowest BCUT2D eigenvalue weighted by atomic mass is 10.2. The quantitative estimate of drug-likeness (QED) is 0.847. The third-order valence-electron chi connectivity index (χ3n) is 3.54. The monoisotopic (exact) mass is 329 g/mol. The van der Waals surface area contributed by atoms with Crippen molar-refractivity contribution < 1.29 is 14.0 Å². The topological polar surface area (TPSA) is 61.4 Å². The number of halogens is 1. The highest BCUT2D eigenvalue weighted by Crippen LogP contribution is 2.14. The van der Waals surface area contributed by atoms with Crippen molar-refractivity contribution in [3.8, 4) is 0 Å². The van der Waals surface area contributed by atoms with Gasteiger partial charge >= 0.3 is 11.8 Å². The summed E-state index contributed by atoms with van der Waals surface area (Å²) < 4.78 is 13.4. The van der Waals surface area contributed by atoms with Gasteiger partial charge in [0.05, 0.1) is 0 Å². The van der Waals surface area contributed by atoms with Crippen LogP contribution in [0.25, 0.3) is 0 Å². The van der Waals surface area contributed by atoms with E-state index in [1.165, 1.54) is 12.1 Å². The molecule has 0 spiro atoms. The van der Waals surface area contributed by atoms with Gasteiger partial charge < -0.3 is 15.5 Å². The first kappa shape index (κ1) is 17.5. The third kappa shape index (κ3) is 4.55. The summed E-state index contributed by atoms with van der Waals surface area (Å²) in [5, 5.41) is 4.91. The summed E-state index contributed by atoms with van der Waals surface area (Å²) in [6.07, 6.45) is 0. The molecule has 2 aromatic carbocycles. The Labute approximate surface area is 140 Å². The summed E-state index contributed by atoms with van der Waals surface area (Å²) in [7, 11) is 3.88. The first-order chi connectivity index (χ1) is 11.4. The average Bonchev–Trinajstić information content (AvgIpc) is 2.56. The van der Waals surface area contributed by atoms with E-state index in [9.17, 15) is 14.0 Å². The van der Waals surface area contributed by atoms with Crippen LogP contribution in [0.15, 0.2) is 42.5 Å². The molecular formula is C18H20FN3O2. The van der Waals surface area contributed by atoms with Gasteiger partial charge in [-0.25, -0.2) is 4.39 Å². The number of nitrogens with zero attached hydrogens (tertiary/aromatic N) is 1. The molecule has 0 unspecified atom stereocenters. The van der Waals surface area contributed by atoms with Crippen LogP contribution in [0.3, 0.4) is 0 Å². The maximum Gasteiger partial charge on any atom is 0.313 e. The number of carbonyl (C=O) groups excluding carboxylic acids is 2. The first-order valence-corrected chi connectivity index (χ1v) is 7.48. The summed E-state index contributed by atoms with van der Waals surface area (Å²) in [5.74, 6) is -2.04. The minimum absolute atomic E-state index is 0.238. The van der Waals surface area contributed by atoms with Crippen LogP contribution < -0.4 is 15.5 Å². The molecule has 0 aromatic heterocycles. The molecule has 2 amide bonds. The van der Waals surface area contributed by atoms with Gasteiger partial charge in [0.25, 0.3) is 0 Å². The molecule has 0 fully saturated rings. The van der Waals surface area contributed by atoms with Crippen LogP contribution in [-0.2, 0) is 16.1 Å². The van der Waals surface area contributed by atoms with Gasteiger partial charge in [-0.15, -0.1) is 0 Å². The molecule has 5 nitrogen and oxygen atoms in total. The van der Waals surface area contributed by atoms with E-state index in [0.29, 0.717) is 5.56 Å². The molecule has 0 aliphatic rings. The Morgan fingerprint density at radius 1 is 1.04 bits per heavy atom. The fourth-order valence-corrected chi connectivity index (χ4v) is 2.03. The van der Waals surface area contributed by atoms with Gasteiger partial charge in [0.2, 0.25) is 0 Å². The van der Waals surface area contributed by atoms with Crippen molar-refractivity contribution in [3.63, 3.8) is 0 Å². The Bertz CT molecular complexity index is 742. The maximum atomic E-state index is 13.4. The zero-order valence-electron chi connectivity index (χ0n) is 13.9. The second-order valence-electron chi connectivity index (χ2n) is 5.66. The Morgan fingerprint density at radius 2 is 1.71 bits per heavy atom. The second kappa shape index (κ2) is 7.59. The lowest BCUT2D eigenvalue weighted by Crippen LogP contribution is -2.35. The van der Waals surface area contributed by atoms with Gasteiger partial charge in [0.1, 0.15) is 5.82 Å². The number of hydrogen-bond acceptors (Lipinski definition) is 3. The van der Waals surface area contributed by atoms with Crippen LogP contribution in [-0.4, -0.2) is 25.9 Å². The summed E-state index contributed by atoms with van der Waals surface area (Å²) >= 11 is 0. The van der Waals surface area contributed by atoms with Crippen LogP contribution in [0.5, 0.6) is 0 Å². The Hall–Kier alpha value is -2.89. The van der Waals surface area contributed by atoms with E-state index in [4.69, 9.17) is 0 Å². The smallest absolute Gasteiger partial charge is 0.313 e. The number of anilines is 2. The molecule has 6 heteroatoms. The highest BCUT2D eigenvalue weighted by molar-refractivity contribution is 6.39. The molecular weight excluding hydrogens is 309 g/mol. The van der Waals surface area contributed by atoms with Crippen molar-refractivity contribution in [2.24, 2.45) is 0 Å². The van der Waals surface area contributed by atoms with Crippen molar-refractivity contribution in [2.45, 2.75) is 13.5 Å². The fraction of sp³-hybridized carbons (Fsp3) is 0.222. The van der Waals surface area contributed by atoms with E-state index in [-0.39, 0.29) is 12.2 Å². The summed E-state index contributed by atoms with van der Waals surface area (Å²) in [5.41, 5.74) is 2.64. The molecule has 0 bridgehead atoms. The minimum Gasteiger partial charge on any atom is -0.378 e. The number of aryl methyl sites for hydroxylation is 1. The van der Waals surface area contributed by atoms with Gasteiger partial charge in [-0.3, -0.25) is 9.59 Å². The normalized spacial score (nSPS) is 10.2. The molecule has 2 rings (SSSR count). The Morgan fingerprint density at radius 3 is 2.29 bits per heavy atom. The predicted molar refractivity (Wildman–Crippen MR) is 92.4 cm³/mol. The number of rotatable bonds is 4. The van der Waals surface area contributed by atoms with E-state index in [1.807, 2.05) is 43.3 Å². The Kier molecular flexibility index (Phi) is 5.52. The van der Waals surface area contributed by atoms with Crippen molar-refractivity contribution in [1.29, 1.82) is 0 Å². The molecule has 2 N–H and O–H groups in total. The lowest BCUT2D eigenvalue weighted by molar-refractivity contribution is -0.136. The van der Waals surface area contributed by atoms with Crippen molar-refractivity contribution in [1.82, 2.24) is 5.32 Å². The summed E-state index contributed by atoms with van der Waals surface area (Å²) in [6.45, 7) is 1.86. The molecule has 126 valence electrons. The zero-order chi connectivity index (χ0) is 17.7. The second-order valence-corrected chi connectivity index (χ2v) is 5.66. The van der Waals surface area contributed by atoms with Gasteiger partial charge in [0, 0.05) is 32.0 Å². The molecule has 2 aromatic rings. The molecule has 0 heterocycles. The molecule has 0 atom stereocenters. The highest BCUT2D eigenvalue weighted by Gasteiger charge is 2.14. The van der Waals surface area contributed by atoms with Crippen molar-refractivity contribution in [2.75, 3.05) is 24.3 Å². The van der Waals surface area contributed by atoms with Crippen LogP contribution in [0.4, 0.5) is 15.8 Å².